The Hall–Kier alpha value is -4.73. The summed E-state index contributed by atoms with van der Waals surface area (Å²) in [6.45, 7) is 3.84. The zero-order valence-corrected chi connectivity index (χ0v) is 27.8. The average molecular weight is 686 g/mol. The Labute approximate surface area is 284 Å². The van der Waals surface area contributed by atoms with Gasteiger partial charge in [0.1, 0.15) is 36.0 Å². The van der Waals surface area contributed by atoms with Crippen LogP contribution < -0.4 is 27.4 Å². The van der Waals surface area contributed by atoms with Gasteiger partial charge in [-0.2, -0.15) is 0 Å². The van der Waals surface area contributed by atoms with Gasteiger partial charge < -0.3 is 47.4 Å². The first-order valence-corrected chi connectivity index (χ1v) is 16.7. The second kappa shape index (κ2) is 16.1. The first-order valence-electron chi connectivity index (χ1n) is 16.7. The lowest BCUT2D eigenvalue weighted by Crippen LogP contribution is -2.62. The third-order valence-corrected chi connectivity index (χ3v) is 9.34. The van der Waals surface area contributed by atoms with Crippen molar-refractivity contribution in [3.63, 3.8) is 0 Å². The molecule has 6 amide bonds. The Kier molecular flexibility index (Phi) is 12.2. The van der Waals surface area contributed by atoms with Gasteiger partial charge in [-0.1, -0.05) is 26.0 Å². The number of hydrogen-bond donors (Lipinski definition) is 7. The minimum atomic E-state index is -1.31. The van der Waals surface area contributed by atoms with Gasteiger partial charge in [-0.05, 0) is 62.1 Å². The Bertz CT molecular complexity index is 1440. The van der Waals surface area contributed by atoms with Crippen LogP contribution >= 0.6 is 0 Å². The number of hydrogen-bond acceptors (Lipinski definition) is 9. The second-order valence-corrected chi connectivity index (χ2v) is 13.6. The lowest BCUT2D eigenvalue weighted by atomic mass is 9.97. The van der Waals surface area contributed by atoms with E-state index in [1.54, 1.807) is 12.1 Å². The number of carboxylic acid groups (broad SMARTS) is 1. The third kappa shape index (κ3) is 9.46. The summed E-state index contributed by atoms with van der Waals surface area (Å²) in [7, 11) is 0. The molecule has 0 saturated carbocycles. The summed E-state index contributed by atoms with van der Waals surface area (Å²) in [4.78, 5) is 93.3. The quantitative estimate of drug-likeness (QED) is 0.117. The number of carbonyl (C=O) groups is 7. The number of carbonyl (C=O) groups excluding carboxylic acids is 6. The van der Waals surface area contributed by atoms with Gasteiger partial charge >= 0.3 is 5.97 Å². The van der Waals surface area contributed by atoms with Crippen molar-refractivity contribution in [1.82, 2.24) is 25.8 Å². The molecule has 0 spiro atoms. The Morgan fingerprint density at radius 3 is 2.22 bits per heavy atom. The fraction of sp³-hybridized carbons (Fsp3) is 0.606. The number of aromatic hydroxyl groups is 1. The fourth-order valence-electron chi connectivity index (χ4n) is 6.88. The van der Waals surface area contributed by atoms with Crippen molar-refractivity contribution in [2.45, 2.75) is 114 Å². The summed E-state index contributed by atoms with van der Waals surface area (Å²) in [5, 5.41) is 26.9. The zero-order valence-electron chi connectivity index (χ0n) is 27.8. The topological polar surface area (TPSA) is 255 Å². The lowest BCUT2D eigenvalue weighted by Gasteiger charge is -2.39. The van der Waals surface area contributed by atoms with Crippen molar-refractivity contribution in [2.24, 2.45) is 17.4 Å². The van der Waals surface area contributed by atoms with E-state index in [0.717, 1.165) is 0 Å². The molecule has 49 heavy (non-hydrogen) atoms. The number of phenolic OH excluding ortho intramolecular Hbond substituents is 1. The summed E-state index contributed by atoms with van der Waals surface area (Å²) in [6.07, 6.45) is 1.36. The minimum absolute atomic E-state index is 0.00957. The first-order chi connectivity index (χ1) is 23.1. The van der Waals surface area contributed by atoms with E-state index >= 15 is 0 Å². The molecule has 4 rings (SSSR count). The van der Waals surface area contributed by atoms with Gasteiger partial charge in [0.15, 0.2) is 0 Å². The molecule has 1 aromatic rings. The third-order valence-electron chi connectivity index (χ3n) is 9.34. The van der Waals surface area contributed by atoms with Crippen LogP contribution in [0.5, 0.6) is 5.75 Å². The van der Waals surface area contributed by atoms with E-state index in [0.29, 0.717) is 24.8 Å². The number of nitrogens with zero attached hydrogens (tertiary/aromatic N) is 2. The van der Waals surface area contributed by atoms with E-state index in [2.05, 4.69) is 16.0 Å². The molecule has 16 nitrogen and oxygen atoms in total. The number of aliphatic carboxylic acids is 1. The van der Waals surface area contributed by atoms with E-state index in [1.807, 2.05) is 13.8 Å². The summed E-state index contributed by atoms with van der Waals surface area (Å²) in [6, 6.07) is 0.246. The monoisotopic (exact) mass is 685 g/mol. The van der Waals surface area contributed by atoms with Crippen molar-refractivity contribution in [3.8, 4) is 5.75 Å². The largest absolute Gasteiger partial charge is 0.508 e. The predicted octanol–water partition coefficient (Wildman–Crippen LogP) is -1.13. The van der Waals surface area contributed by atoms with Crippen LogP contribution in [0.3, 0.4) is 0 Å². The van der Waals surface area contributed by atoms with Crippen LogP contribution in [-0.4, -0.2) is 110 Å². The number of phenols is 1. The van der Waals surface area contributed by atoms with Crippen LogP contribution in [0.4, 0.5) is 0 Å². The summed E-state index contributed by atoms with van der Waals surface area (Å²) >= 11 is 0. The highest BCUT2D eigenvalue weighted by atomic mass is 16.4. The number of primary amides is 1. The number of rotatable bonds is 15. The van der Waals surface area contributed by atoms with Crippen LogP contribution in [0.25, 0.3) is 0 Å². The lowest BCUT2D eigenvalue weighted by molar-refractivity contribution is -0.147. The number of carboxylic acids is 1. The van der Waals surface area contributed by atoms with Crippen LogP contribution in [0.2, 0.25) is 0 Å². The van der Waals surface area contributed by atoms with Crippen LogP contribution in [0, 0.1) is 5.92 Å². The zero-order chi connectivity index (χ0) is 36.0. The van der Waals surface area contributed by atoms with Gasteiger partial charge in [0.25, 0.3) is 0 Å². The highest BCUT2D eigenvalue weighted by Crippen LogP contribution is 2.33. The smallest absolute Gasteiger partial charge is 0.303 e. The molecule has 7 atom stereocenters. The number of nitrogens with one attached hydrogen (secondary N) is 3. The molecule has 0 aromatic heterocycles. The molecule has 3 saturated heterocycles. The number of amides is 6. The highest BCUT2D eigenvalue weighted by Gasteiger charge is 2.48. The number of likely N-dealkylation sites (tertiary alicyclic amines) is 1. The summed E-state index contributed by atoms with van der Waals surface area (Å²) < 4.78 is 0. The molecule has 0 bridgehead atoms. The molecular weight excluding hydrogens is 638 g/mol. The number of piperidine rings is 1. The van der Waals surface area contributed by atoms with E-state index in [-0.39, 0.29) is 62.3 Å². The van der Waals surface area contributed by atoms with E-state index in [1.165, 1.54) is 21.9 Å². The van der Waals surface area contributed by atoms with Crippen molar-refractivity contribution in [1.29, 1.82) is 0 Å². The molecular formula is C33H47N7O9. The first kappa shape index (κ1) is 37.1. The van der Waals surface area contributed by atoms with Crippen molar-refractivity contribution in [2.75, 3.05) is 6.54 Å². The Morgan fingerprint density at radius 2 is 1.63 bits per heavy atom. The standard InChI is InChI=1S/C33H47N7O9/c1-17(2)13-24(29(35)45)38-30(46)22(10-12-28(43)44)36-31(47)25-11-6-20-5-9-23(33(49)40(20)25)37-32(48)26(39-16-19(34)15-27(39)42)14-18-3-7-21(41)8-4-18/h3-4,7-8,17,19-20,22-26,41H,5-6,9-16,34H2,1-2H3,(H2,35,45)(H,36,47)(H,37,48)(H,38,46)(H,43,44)/t19-,20+,22+,23+,24+,25+,26+/m0/s1. The molecule has 0 radical (unpaired) electrons. The second-order valence-electron chi connectivity index (χ2n) is 13.6. The molecule has 3 heterocycles. The van der Waals surface area contributed by atoms with Gasteiger partial charge in [-0.15, -0.1) is 0 Å². The molecule has 16 heteroatoms. The van der Waals surface area contributed by atoms with Gasteiger partial charge in [0.2, 0.25) is 35.4 Å². The van der Waals surface area contributed by atoms with Gasteiger partial charge in [0, 0.05) is 37.9 Å². The number of benzene rings is 1. The molecule has 3 aliphatic heterocycles. The molecule has 1 aromatic carbocycles. The van der Waals surface area contributed by atoms with E-state index in [4.69, 9.17) is 11.5 Å². The maximum atomic E-state index is 13.9. The van der Waals surface area contributed by atoms with Crippen LogP contribution in [-0.2, 0) is 40.0 Å². The molecule has 9 N–H and O–H groups in total. The van der Waals surface area contributed by atoms with Gasteiger partial charge in [0.05, 0.1) is 0 Å². The predicted molar refractivity (Wildman–Crippen MR) is 174 cm³/mol. The van der Waals surface area contributed by atoms with Crippen LogP contribution in [0.1, 0.15) is 70.8 Å². The number of fused-ring (bicyclic) bond motifs is 1. The molecule has 0 unspecified atom stereocenters. The van der Waals surface area contributed by atoms with E-state index in [9.17, 15) is 43.8 Å². The molecule has 268 valence electrons. The van der Waals surface area contributed by atoms with Gasteiger partial charge in [-0.25, -0.2) is 0 Å². The van der Waals surface area contributed by atoms with E-state index < -0.39 is 78.2 Å². The SMILES string of the molecule is CC(C)C[C@@H](NC(=O)[C@@H](CCC(=O)O)NC(=O)[C@H]1CC[C@H]2CC[C@@H](NC(=O)[C@@H](Cc3ccc(O)cc3)N3C[C@@H](N)CC3=O)C(=O)N21)C(N)=O. The number of nitrogens with two attached hydrogens (primary N) is 2. The van der Waals surface area contributed by atoms with Crippen molar-refractivity contribution in [3.05, 3.63) is 29.8 Å². The highest BCUT2D eigenvalue weighted by molar-refractivity contribution is 5.97. The fourth-order valence-corrected chi connectivity index (χ4v) is 6.88. The maximum absolute atomic E-state index is 13.9. The maximum Gasteiger partial charge on any atom is 0.303 e. The van der Waals surface area contributed by atoms with Gasteiger partial charge in [-0.3, -0.25) is 33.6 Å². The van der Waals surface area contributed by atoms with Crippen molar-refractivity contribution < 1.29 is 43.8 Å². The summed E-state index contributed by atoms with van der Waals surface area (Å²) in [5.74, 6) is -4.64. The molecule has 3 aliphatic rings. The van der Waals surface area contributed by atoms with Crippen LogP contribution in [0.15, 0.2) is 24.3 Å². The average Bonchev–Trinajstić information content (AvgIpc) is 3.62. The molecule has 3 fully saturated rings. The Balaban J connectivity index is 1.47. The van der Waals surface area contributed by atoms with Crippen molar-refractivity contribution >= 4 is 41.4 Å². The summed E-state index contributed by atoms with van der Waals surface area (Å²) in [5.41, 5.74) is 12.2. The normalized spacial score (nSPS) is 23.8. The minimum Gasteiger partial charge on any atom is -0.508 e. The Morgan fingerprint density at radius 1 is 0.959 bits per heavy atom. The molecule has 0 aliphatic carbocycles.